The van der Waals surface area contributed by atoms with Gasteiger partial charge in [0.1, 0.15) is 5.69 Å². The van der Waals surface area contributed by atoms with Gasteiger partial charge in [0.25, 0.3) is 5.91 Å². The minimum Gasteiger partial charge on any atom is -0.345 e. The van der Waals surface area contributed by atoms with E-state index in [0.29, 0.717) is 5.69 Å². The van der Waals surface area contributed by atoms with Crippen molar-refractivity contribution in [3.05, 3.63) is 59.6 Å². The average Bonchev–Trinajstić information content (AvgIpc) is 3.20. The molecule has 0 atom stereocenters. The molecular weight excluding hydrogens is 378 g/mol. The first kappa shape index (κ1) is 17.9. The van der Waals surface area contributed by atoms with E-state index in [0.717, 1.165) is 23.4 Å². The molecule has 3 amide bonds. The normalized spacial score (nSPS) is 13.0. The van der Waals surface area contributed by atoms with Crippen molar-refractivity contribution in [2.75, 3.05) is 0 Å². The molecule has 2 heterocycles. The first-order valence-electron chi connectivity index (χ1n) is 8.72. The predicted octanol–water partition coefficient (Wildman–Crippen LogP) is 1.64. The summed E-state index contributed by atoms with van der Waals surface area (Å²) >= 11 is 1.45. The number of carbonyl (C=O) groups is 3. The maximum atomic E-state index is 12.7. The molecule has 1 saturated carbocycles. The summed E-state index contributed by atoms with van der Waals surface area (Å²) in [6, 6.07) is 13.2. The molecule has 0 saturated heterocycles. The van der Waals surface area contributed by atoms with Gasteiger partial charge in [0.05, 0.1) is 16.1 Å². The second-order valence-electron chi connectivity index (χ2n) is 6.30. The van der Waals surface area contributed by atoms with Crippen LogP contribution in [0.15, 0.2) is 54.0 Å². The number of hydrazine groups is 1. The lowest BCUT2D eigenvalue weighted by molar-refractivity contribution is -0.139. The Balaban J connectivity index is 1.53. The first-order chi connectivity index (χ1) is 13.6. The highest BCUT2D eigenvalue weighted by Gasteiger charge is 2.27. The van der Waals surface area contributed by atoms with E-state index >= 15 is 0 Å². The lowest BCUT2D eigenvalue weighted by Crippen LogP contribution is -2.49. The topological polar surface area (TPSA) is 105 Å². The summed E-state index contributed by atoms with van der Waals surface area (Å²) in [5.41, 5.74) is 6.02. The van der Waals surface area contributed by atoms with Gasteiger partial charge < -0.3 is 5.32 Å². The molecule has 0 bridgehead atoms. The largest absolute Gasteiger partial charge is 0.345 e. The molecule has 28 heavy (non-hydrogen) atoms. The van der Waals surface area contributed by atoms with Crippen LogP contribution in [0.4, 0.5) is 0 Å². The Morgan fingerprint density at radius 3 is 2.46 bits per heavy atom. The van der Waals surface area contributed by atoms with Crippen LogP contribution in [-0.4, -0.2) is 33.5 Å². The van der Waals surface area contributed by atoms with Gasteiger partial charge in [0.15, 0.2) is 0 Å². The highest BCUT2D eigenvalue weighted by Crippen LogP contribution is 2.27. The highest BCUT2D eigenvalue weighted by molar-refractivity contribution is 7.13. The fourth-order valence-electron chi connectivity index (χ4n) is 2.56. The van der Waals surface area contributed by atoms with Crippen molar-refractivity contribution >= 4 is 29.1 Å². The molecule has 1 fully saturated rings. The number of benzene rings is 1. The Kier molecular flexibility index (Phi) is 4.90. The predicted molar refractivity (Wildman–Crippen MR) is 104 cm³/mol. The Bertz CT molecular complexity index is 1010. The number of para-hydroxylation sites is 1. The van der Waals surface area contributed by atoms with Crippen molar-refractivity contribution < 1.29 is 14.4 Å². The zero-order chi connectivity index (χ0) is 19.5. The summed E-state index contributed by atoms with van der Waals surface area (Å²) in [7, 11) is 0. The van der Waals surface area contributed by atoms with Crippen LogP contribution >= 0.6 is 11.3 Å². The van der Waals surface area contributed by atoms with Crippen LogP contribution in [0.3, 0.4) is 0 Å². The number of thiophene rings is 1. The number of hydrogen-bond acceptors (Lipinski definition) is 5. The molecule has 0 unspecified atom stereocenters. The Hall–Kier alpha value is -3.46. The molecule has 2 aromatic heterocycles. The third-order valence-electron chi connectivity index (χ3n) is 4.14. The van der Waals surface area contributed by atoms with Gasteiger partial charge >= 0.3 is 11.8 Å². The lowest BCUT2D eigenvalue weighted by Gasteiger charge is -2.07. The van der Waals surface area contributed by atoms with E-state index < -0.39 is 17.7 Å². The Morgan fingerprint density at radius 1 is 1.00 bits per heavy atom. The van der Waals surface area contributed by atoms with Gasteiger partial charge in [-0.15, -0.1) is 11.3 Å². The molecule has 0 spiro atoms. The fraction of sp³-hybridized carbons (Fsp3) is 0.158. The van der Waals surface area contributed by atoms with Crippen molar-refractivity contribution in [1.82, 2.24) is 25.9 Å². The number of hydrogen-bond donors (Lipinski definition) is 3. The number of aromatic nitrogens is 2. The molecular formula is C19H17N5O3S. The van der Waals surface area contributed by atoms with E-state index in [9.17, 15) is 14.4 Å². The van der Waals surface area contributed by atoms with Gasteiger partial charge in [-0.2, -0.15) is 5.10 Å². The van der Waals surface area contributed by atoms with Crippen molar-refractivity contribution in [2.45, 2.75) is 18.9 Å². The van der Waals surface area contributed by atoms with Crippen LogP contribution in [0.5, 0.6) is 0 Å². The van der Waals surface area contributed by atoms with Gasteiger partial charge in [-0.1, -0.05) is 24.3 Å². The number of amides is 3. The average molecular weight is 395 g/mol. The SMILES string of the molecule is O=C(NNC(=O)c1cn(-c2ccccc2)nc1-c1cccs1)C(=O)NC1CC1. The maximum absolute atomic E-state index is 12.7. The van der Waals surface area contributed by atoms with Gasteiger partial charge in [-0.25, -0.2) is 4.68 Å². The smallest absolute Gasteiger partial charge is 0.327 e. The van der Waals surface area contributed by atoms with E-state index in [1.54, 1.807) is 10.9 Å². The van der Waals surface area contributed by atoms with Crippen molar-refractivity contribution in [1.29, 1.82) is 0 Å². The Labute approximate surface area is 164 Å². The van der Waals surface area contributed by atoms with Crippen LogP contribution in [0, 0.1) is 0 Å². The number of nitrogens with one attached hydrogen (secondary N) is 3. The van der Waals surface area contributed by atoms with Gasteiger partial charge in [-0.3, -0.25) is 25.2 Å². The molecule has 9 heteroatoms. The van der Waals surface area contributed by atoms with E-state index in [2.05, 4.69) is 21.3 Å². The molecule has 1 aliphatic carbocycles. The van der Waals surface area contributed by atoms with E-state index in [-0.39, 0.29) is 11.6 Å². The zero-order valence-corrected chi connectivity index (χ0v) is 15.5. The molecule has 3 aromatic rings. The van der Waals surface area contributed by atoms with Crippen LogP contribution in [-0.2, 0) is 9.59 Å². The molecule has 0 radical (unpaired) electrons. The quantitative estimate of drug-likeness (QED) is 0.461. The monoisotopic (exact) mass is 395 g/mol. The highest BCUT2D eigenvalue weighted by atomic mass is 32.1. The molecule has 1 aliphatic rings. The summed E-state index contributed by atoms with van der Waals surface area (Å²) in [5.74, 6) is -2.23. The third-order valence-corrected chi connectivity index (χ3v) is 5.02. The molecule has 8 nitrogen and oxygen atoms in total. The summed E-state index contributed by atoms with van der Waals surface area (Å²) < 4.78 is 1.60. The number of carbonyl (C=O) groups excluding carboxylic acids is 3. The molecule has 4 rings (SSSR count). The van der Waals surface area contributed by atoms with E-state index in [4.69, 9.17) is 0 Å². The number of nitrogens with zero attached hydrogens (tertiary/aromatic N) is 2. The third kappa shape index (κ3) is 3.94. The number of rotatable bonds is 4. The van der Waals surface area contributed by atoms with Crippen LogP contribution in [0.2, 0.25) is 0 Å². The minimum atomic E-state index is -0.909. The molecule has 0 aliphatic heterocycles. The van der Waals surface area contributed by atoms with Crippen LogP contribution < -0.4 is 16.2 Å². The van der Waals surface area contributed by atoms with Crippen molar-refractivity contribution in [2.24, 2.45) is 0 Å². The Morgan fingerprint density at radius 2 is 1.79 bits per heavy atom. The second-order valence-corrected chi connectivity index (χ2v) is 7.25. The molecule has 1 aromatic carbocycles. The molecule has 142 valence electrons. The molecule has 3 N–H and O–H groups in total. The van der Waals surface area contributed by atoms with E-state index in [1.807, 2.05) is 47.8 Å². The van der Waals surface area contributed by atoms with Gasteiger partial charge in [0.2, 0.25) is 0 Å². The standard InChI is InChI=1S/C19H17N5O3S/c25-17(21-22-19(27)18(26)20-12-8-9-12)14-11-24(13-5-2-1-3-6-13)23-16(14)15-7-4-10-28-15/h1-7,10-12H,8-9H2,(H,20,26)(H,21,25)(H,22,27). The summed E-state index contributed by atoms with van der Waals surface area (Å²) in [6.45, 7) is 0. The summed E-state index contributed by atoms with van der Waals surface area (Å²) in [5, 5.41) is 8.98. The first-order valence-corrected chi connectivity index (χ1v) is 9.60. The summed E-state index contributed by atoms with van der Waals surface area (Å²) in [4.78, 5) is 37.0. The van der Waals surface area contributed by atoms with Crippen molar-refractivity contribution in [3.8, 4) is 16.3 Å². The van der Waals surface area contributed by atoms with Crippen LogP contribution in [0.25, 0.3) is 16.3 Å². The van der Waals surface area contributed by atoms with E-state index in [1.165, 1.54) is 11.3 Å². The fourth-order valence-corrected chi connectivity index (χ4v) is 3.29. The van der Waals surface area contributed by atoms with Crippen LogP contribution in [0.1, 0.15) is 23.2 Å². The lowest BCUT2D eigenvalue weighted by atomic mass is 10.2. The summed E-state index contributed by atoms with van der Waals surface area (Å²) in [6.07, 6.45) is 3.33. The zero-order valence-electron chi connectivity index (χ0n) is 14.7. The minimum absolute atomic E-state index is 0.0588. The van der Waals surface area contributed by atoms with Gasteiger partial charge in [-0.05, 0) is 36.4 Å². The second kappa shape index (κ2) is 7.65. The maximum Gasteiger partial charge on any atom is 0.327 e. The van der Waals surface area contributed by atoms with Gasteiger partial charge in [0, 0.05) is 12.2 Å². The van der Waals surface area contributed by atoms with Crippen molar-refractivity contribution in [3.63, 3.8) is 0 Å².